The lowest BCUT2D eigenvalue weighted by Crippen LogP contribution is -3.00. The van der Waals surface area contributed by atoms with Crippen LogP contribution in [0.5, 0.6) is 0 Å². The van der Waals surface area contributed by atoms with Crippen molar-refractivity contribution in [3.05, 3.63) is 12.7 Å². The second-order valence-corrected chi connectivity index (χ2v) is 4.61. The molecule has 0 amide bonds. The Morgan fingerprint density at radius 3 is 2.40 bits per heavy atom. The van der Waals surface area contributed by atoms with Gasteiger partial charge in [0.1, 0.15) is 0 Å². The van der Waals surface area contributed by atoms with E-state index in [1.54, 1.807) is 0 Å². The lowest BCUT2D eigenvalue weighted by Gasteiger charge is -2.24. The maximum Gasteiger partial charge on any atom is 0.330 e. The van der Waals surface area contributed by atoms with Crippen molar-refractivity contribution in [1.29, 1.82) is 0 Å². The number of hydrogen-bond acceptors (Lipinski definition) is 2. The standard InChI is InChI=1S/C11H22NO2.ClH/c1-6-11(13)14-10(2)8-7-9-12(3,4)5;/h6,10H,1,7-9H2,2-5H3;1H/q+1;/p-1. The number of rotatable bonds is 6. The summed E-state index contributed by atoms with van der Waals surface area (Å²) in [7, 11) is 6.46. The third-order valence-electron chi connectivity index (χ3n) is 1.92. The summed E-state index contributed by atoms with van der Waals surface area (Å²) in [6.07, 6.45) is 3.17. The van der Waals surface area contributed by atoms with Gasteiger partial charge in [0, 0.05) is 12.5 Å². The van der Waals surface area contributed by atoms with E-state index in [4.69, 9.17) is 4.74 Å². The van der Waals surface area contributed by atoms with Crippen LogP contribution >= 0.6 is 0 Å². The molecule has 15 heavy (non-hydrogen) atoms. The molecule has 0 aliphatic carbocycles. The number of carbonyl (C=O) groups is 1. The zero-order chi connectivity index (χ0) is 11.2. The van der Waals surface area contributed by atoms with Crippen molar-refractivity contribution in [2.24, 2.45) is 0 Å². The maximum absolute atomic E-state index is 10.8. The normalized spacial score (nSPS) is 12.5. The monoisotopic (exact) mass is 235 g/mol. The third-order valence-corrected chi connectivity index (χ3v) is 1.92. The van der Waals surface area contributed by atoms with Crippen molar-refractivity contribution in [1.82, 2.24) is 0 Å². The fraction of sp³-hybridized carbons (Fsp3) is 0.727. The van der Waals surface area contributed by atoms with E-state index in [-0.39, 0.29) is 24.5 Å². The van der Waals surface area contributed by atoms with E-state index >= 15 is 0 Å². The highest BCUT2D eigenvalue weighted by molar-refractivity contribution is 5.81. The zero-order valence-corrected chi connectivity index (χ0v) is 10.9. The molecular formula is C11H22ClNO2. The highest BCUT2D eigenvalue weighted by Crippen LogP contribution is 2.04. The van der Waals surface area contributed by atoms with Gasteiger partial charge in [-0.25, -0.2) is 4.79 Å². The number of halogens is 1. The van der Waals surface area contributed by atoms with Crippen LogP contribution in [0.4, 0.5) is 0 Å². The Bertz CT molecular complexity index is 199. The quantitative estimate of drug-likeness (QED) is 0.322. The van der Waals surface area contributed by atoms with Crippen molar-refractivity contribution in [2.45, 2.75) is 25.9 Å². The molecule has 0 N–H and O–H groups in total. The lowest BCUT2D eigenvalue weighted by molar-refractivity contribution is -0.870. The molecule has 0 bridgehead atoms. The summed E-state index contributed by atoms with van der Waals surface area (Å²) in [5.74, 6) is -0.331. The molecule has 0 heterocycles. The zero-order valence-electron chi connectivity index (χ0n) is 10.1. The first-order valence-electron chi connectivity index (χ1n) is 4.98. The molecule has 1 atom stereocenters. The first-order chi connectivity index (χ1) is 6.35. The number of hydrogen-bond donors (Lipinski definition) is 0. The molecule has 4 heteroatoms. The van der Waals surface area contributed by atoms with E-state index in [0.29, 0.717) is 0 Å². The van der Waals surface area contributed by atoms with Crippen molar-refractivity contribution >= 4 is 5.97 Å². The Morgan fingerprint density at radius 2 is 2.00 bits per heavy atom. The lowest BCUT2D eigenvalue weighted by atomic mass is 10.2. The van der Waals surface area contributed by atoms with Gasteiger partial charge in [-0.1, -0.05) is 6.58 Å². The van der Waals surface area contributed by atoms with Crippen LogP contribution in [0.25, 0.3) is 0 Å². The predicted octanol–water partition coefficient (Wildman–Crippen LogP) is -1.41. The van der Waals surface area contributed by atoms with Crippen LogP contribution in [0.1, 0.15) is 19.8 Å². The average molecular weight is 236 g/mol. The predicted molar refractivity (Wildman–Crippen MR) is 57.9 cm³/mol. The van der Waals surface area contributed by atoms with Crippen LogP contribution in [0.15, 0.2) is 12.7 Å². The van der Waals surface area contributed by atoms with E-state index in [9.17, 15) is 4.79 Å². The van der Waals surface area contributed by atoms with Crippen molar-refractivity contribution in [3.63, 3.8) is 0 Å². The van der Waals surface area contributed by atoms with Crippen LogP contribution < -0.4 is 12.4 Å². The van der Waals surface area contributed by atoms with Gasteiger partial charge in [-0.15, -0.1) is 0 Å². The summed E-state index contributed by atoms with van der Waals surface area (Å²) in [4.78, 5) is 10.8. The Hall–Kier alpha value is -0.540. The number of esters is 1. The van der Waals surface area contributed by atoms with E-state index < -0.39 is 0 Å². The van der Waals surface area contributed by atoms with E-state index in [2.05, 4.69) is 27.7 Å². The molecule has 0 aromatic rings. The minimum absolute atomic E-state index is 0. The summed E-state index contributed by atoms with van der Waals surface area (Å²) < 4.78 is 6.00. The molecule has 0 aromatic heterocycles. The van der Waals surface area contributed by atoms with Gasteiger partial charge < -0.3 is 21.6 Å². The number of nitrogens with zero attached hydrogens (tertiary/aromatic N) is 1. The molecular weight excluding hydrogens is 214 g/mol. The summed E-state index contributed by atoms with van der Waals surface area (Å²) in [5.41, 5.74) is 0. The molecule has 0 fully saturated rings. The first-order valence-corrected chi connectivity index (χ1v) is 4.98. The molecule has 1 unspecified atom stereocenters. The molecule has 0 aromatic carbocycles. The van der Waals surface area contributed by atoms with Crippen LogP contribution in [-0.2, 0) is 9.53 Å². The fourth-order valence-electron chi connectivity index (χ4n) is 1.16. The minimum atomic E-state index is -0.331. The largest absolute Gasteiger partial charge is 1.00 e. The molecule has 0 radical (unpaired) electrons. The van der Waals surface area contributed by atoms with E-state index in [1.165, 1.54) is 6.08 Å². The van der Waals surface area contributed by atoms with Gasteiger partial charge in [-0.05, 0) is 13.3 Å². The highest BCUT2D eigenvalue weighted by Gasteiger charge is 2.10. The topological polar surface area (TPSA) is 26.3 Å². The summed E-state index contributed by atoms with van der Waals surface area (Å²) in [6, 6.07) is 0. The molecule has 0 rings (SSSR count). The summed E-state index contributed by atoms with van der Waals surface area (Å²) in [6.45, 7) is 6.36. The third kappa shape index (κ3) is 11.4. The molecule has 3 nitrogen and oxygen atoms in total. The van der Waals surface area contributed by atoms with Crippen LogP contribution in [-0.4, -0.2) is 44.2 Å². The molecule has 90 valence electrons. The molecule has 0 saturated heterocycles. The van der Waals surface area contributed by atoms with E-state index in [0.717, 1.165) is 23.9 Å². The van der Waals surface area contributed by atoms with Gasteiger partial charge >= 0.3 is 5.97 Å². The van der Waals surface area contributed by atoms with Gasteiger partial charge in [0.25, 0.3) is 0 Å². The van der Waals surface area contributed by atoms with Crippen LogP contribution in [0, 0.1) is 0 Å². The second kappa shape index (κ2) is 7.71. The highest BCUT2D eigenvalue weighted by atomic mass is 35.5. The minimum Gasteiger partial charge on any atom is -1.00 e. The SMILES string of the molecule is C=CC(=O)OC(C)CCC[N+](C)(C)C.[Cl-]. The van der Waals surface area contributed by atoms with Crippen LogP contribution in [0.3, 0.4) is 0 Å². The van der Waals surface area contributed by atoms with Crippen molar-refractivity contribution < 1.29 is 26.4 Å². The Balaban J connectivity index is 0. The molecule has 0 aliphatic heterocycles. The summed E-state index contributed by atoms with van der Waals surface area (Å²) in [5, 5.41) is 0. The van der Waals surface area contributed by atoms with E-state index in [1.807, 2.05) is 6.92 Å². The molecule has 0 spiro atoms. The van der Waals surface area contributed by atoms with Gasteiger partial charge in [-0.2, -0.15) is 0 Å². The Morgan fingerprint density at radius 1 is 1.47 bits per heavy atom. The van der Waals surface area contributed by atoms with Crippen molar-refractivity contribution in [2.75, 3.05) is 27.7 Å². The second-order valence-electron chi connectivity index (χ2n) is 4.61. The van der Waals surface area contributed by atoms with Gasteiger partial charge in [0.15, 0.2) is 0 Å². The molecule has 0 aliphatic rings. The Kier molecular flexibility index (Phi) is 8.68. The smallest absolute Gasteiger partial charge is 0.330 e. The van der Waals surface area contributed by atoms with Gasteiger partial charge in [-0.3, -0.25) is 0 Å². The average Bonchev–Trinajstić information content (AvgIpc) is 2.01. The number of carbonyl (C=O) groups excluding carboxylic acids is 1. The fourth-order valence-corrected chi connectivity index (χ4v) is 1.16. The number of quaternary nitrogens is 1. The van der Waals surface area contributed by atoms with Gasteiger partial charge in [0.2, 0.25) is 0 Å². The summed E-state index contributed by atoms with van der Waals surface area (Å²) >= 11 is 0. The van der Waals surface area contributed by atoms with Crippen LogP contribution in [0.2, 0.25) is 0 Å². The maximum atomic E-state index is 10.8. The Labute approximate surface area is 99.1 Å². The number of ether oxygens (including phenoxy) is 1. The molecule has 0 saturated carbocycles. The first kappa shape index (κ1) is 16.9. The van der Waals surface area contributed by atoms with Gasteiger partial charge in [0.05, 0.1) is 33.8 Å². The van der Waals surface area contributed by atoms with Crippen molar-refractivity contribution in [3.8, 4) is 0 Å².